The Morgan fingerprint density at radius 3 is 2.46 bits per heavy atom. The van der Waals surface area contributed by atoms with Crippen LogP contribution < -0.4 is 10.3 Å². The molecule has 2 aromatic carbocycles. The van der Waals surface area contributed by atoms with Gasteiger partial charge in [-0.05, 0) is 79.8 Å². The van der Waals surface area contributed by atoms with Crippen LogP contribution in [0, 0.1) is 5.92 Å². The van der Waals surface area contributed by atoms with Crippen molar-refractivity contribution < 1.29 is 17.9 Å². The average molecular weight is 522 g/mol. The number of anilines is 1. The number of nitrogens with one attached hydrogen (secondary N) is 1. The molecule has 2 N–H and O–H groups in total. The fourth-order valence-corrected chi connectivity index (χ4v) is 6.58. The predicted octanol–water partition coefficient (Wildman–Crippen LogP) is 6.30. The Hall–Kier alpha value is -3.06. The van der Waals surface area contributed by atoms with E-state index in [0.29, 0.717) is 29.9 Å². The van der Waals surface area contributed by atoms with Crippen molar-refractivity contribution in [1.82, 2.24) is 0 Å². The van der Waals surface area contributed by atoms with Crippen LogP contribution >= 0.6 is 0 Å². The van der Waals surface area contributed by atoms with Gasteiger partial charge in [0.15, 0.2) is 0 Å². The van der Waals surface area contributed by atoms with Gasteiger partial charge in [0.25, 0.3) is 10.0 Å². The molecule has 37 heavy (non-hydrogen) atoms. The maximum Gasteiger partial charge on any atom is 0.343 e. The lowest BCUT2D eigenvalue weighted by atomic mass is 9.85. The summed E-state index contributed by atoms with van der Waals surface area (Å²) < 4.78 is 34.7. The lowest BCUT2D eigenvalue weighted by molar-refractivity contribution is 0.382. The summed E-state index contributed by atoms with van der Waals surface area (Å²) in [5.41, 5.74) is 2.93. The highest BCUT2D eigenvalue weighted by atomic mass is 32.2. The first-order chi connectivity index (χ1) is 17.9. The first-order valence-corrected chi connectivity index (χ1v) is 14.9. The minimum atomic E-state index is -3.77. The molecule has 6 nitrogen and oxygen atoms in total. The Bertz CT molecular complexity index is 1420. The Labute approximate surface area is 218 Å². The van der Waals surface area contributed by atoms with E-state index in [0.717, 1.165) is 68.1 Å². The number of hydrogen-bond acceptors (Lipinski definition) is 5. The summed E-state index contributed by atoms with van der Waals surface area (Å²) in [5.74, 6) is 0.554. The predicted molar refractivity (Wildman–Crippen MR) is 145 cm³/mol. The van der Waals surface area contributed by atoms with Gasteiger partial charge < -0.3 is 9.52 Å². The molecule has 0 radical (unpaired) electrons. The average Bonchev–Trinajstić information content (AvgIpc) is 3.69. The normalized spacial score (nSPS) is 16.9. The van der Waals surface area contributed by atoms with E-state index in [9.17, 15) is 18.3 Å². The molecule has 0 spiro atoms. The van der Waals surface area contributed by atoms with Crippen molar-refractivity contribution >= 4 is 15.7 Å². The van der Waals surface area contributed by atoms with Crippen molar-refractivity contribution in [3.63, 3.8) is 0 Å². The van der Waals surface area contributed by atoms with E-state index < -0.39 is 15.6 Å². The molecule has 1 unspecified atom stereocenters. The van der Waals surface area contributed by atoms with E-state index >= 15 is 0 Å². The highest BCUT2D eigenvalue weighted by Crippen LogP contribution is 2.49. The minimum Gasteiger partial charge on any atom is -0.507 e. The van der Waals surface area contributed by atoms with Crippen LogP contribution in [0.4, 0.5) is 5.69 Å². The minimum absolute atomic E-state index is 0.0724. The number of fused-ring (bicyclic) bond motifs is 1. The Balaban J connectivity index is 1.47. The van der Waals surface area contributed by atoms with Gasteiger partial charge in [-0.3, -0.25) is 4.72 Å². The number of benzene rings is 2. The van der Waals surface area contributed by atoms with E-state index in [-0.39, 0.29) is 22.5 Å². The second-order valence-corrected chi connectivity index (χ2v) is 12.1. The molecule has 1 atom stereocenters. The zero-order chi connectivity index (χ0) is 26.0. The first kappa shape index (κ1) is 25.6. The Morgan fingerprint density at radius 2 is 1.76 bits per heavy atom. The fraction of sp³-hybridized carbons (Fsp3) is 0.433. The second-order valence-electron chi connectivity index (χ2n) is 10.4. The monoisotopic (exact) mass is 521 g/mol. The van der Waals surface area contributed by atoms with E-state index in [4.69, 9.17) is 4.42 Å². The summed E-state index contributed by atoms with van der Waals surface area (Å²) in [6.07, 6.45) is 9.27. The molecule has 0 bridgehead atoms. The van der Waals surface area contributed by atoms with Crippen LogP contribution in [0.3, 0.4) is 0 Å². The van der Waals surface area contributed by atoms with Crippen molar-refractivity contribution in [2.75, 3.05) is 4.72 Å². The highest BCUT2D eigenvalue weighted by Gasteiger charge is 2.38. The molecule has 1 fully saturated rings. The van der Waals surface area contributed by atoms with Crippen molar-refractivity contribution in [2.24, 2.45) is 5.92 Å². The molecule has 2 aliphatic rings. The standard InChI is InChI=1S/C30H35NO5S/c1-2-8-20-13-17-24(18-14-20)37(34,35)31-23-10-7-9-22(19-23)27(21-15-16-21)28-29(32)25-11-5-3-4-6-12-26(25)36-30(28)33/h7,9-10,13-14,17-19,21,27,31-32H,2-6,8,11-12,15-16H2,1H3. The maximum absolute atomic E-state index is 13.2. The lowest BCUT2D eigenvalue weighted by Gasteiger charge is -2.22. The van der Waals surface area contributed by atoms with Gasteiger partial charge in [0.05, 0.1) is 10.5 Å². The third-order valence-corrected chi connectivity index (χ3v) is 8.97. The number of aryl methyl sites for hydroxylation is 2. The number of aromatic hydroxyl groups is 1. The van der Waals surface area contributed by atoms with E-state index in [1.54, 1.807) is 30.3 Å². The summed E-state index contributed by atoms with van der Waals surface area (Å²) in [6, 6.07) is 14.1. The fourth-order valence-electron chi connectivity index (χ4n) is 5.53. The number of rotatable bonds is 8. The van der Waals surface area contributed by atoms with Gasteiger partial charge in [-0.1, -0.05) is 50.5 Å². The Morgan fingerprint density at radius 1 is 1.03 bits per heavy atom. The molecule has 0 aliphatic heterocycles. The van der Waals surface area contributed by atoms with Crippen LogP contribution in [0.5, 0.6) is 5.75 Å². The summed E-state index contributed by atoms with van der Waals surface area (Å²) in [6.45, 7) is 2.09. The SMILES string of the molecule is CCCc1ccc(S(=O)(=O)Nc2cccc(C(c3c(O)c4c(oc3=O)CCCCCC4)C3CC3)c2)cc1. The summed E-state index contributed by atoms with van der Waals surface area (Å²) >= 11 is 0. The maximum atomic E-state index is 13.2. The van der Waals surface area contributed by atoms with Gasteiger partial charge in [0.1, 0.15) is 11.5 Å². The quantitative estimate of drug-likeness (QED) is 0.363. The molecule has 1 heterocycles. The third kappa shape index (κ3) is 5.61. The third-order valence-electron chi connectivity index (χ3n) is 7.57. The second kappa shape index (κ2) is 10.7. The smallest absolute Gasteiger partial charge is 0.343 e. The molecule has 196 valence electrons. The van der Waals surface area contributed by atoms with Crippen molar-refractivity contribution in [1.29, 1.82) is 0 Å². The molecule has 1 aromatic heterocycles. The molecule has 5 rings (SSSR count). The van der Waals surface area contributed by atoms with Crippen LogP contribution in [0.25, 0.3) is 0 Å². The van der Waals surface area contributed by atoms with Crippen LogP contribution in [0.2, 0.25) is 0 Å². The molecular weight excluding hydrogens is 486 g/mol. The number of sulfonamides is 1. The van der Waals surface area contributed by atoms with E-state index in [1.807, 2.05) is 18.2 Å². The lowest BCUT2D eigenvalue weighted by Crippen LogP contribution is -2.19. The van der Waals surface area contributed by atoms with E-state index in [2.05, 4.69) is 11.6 Å². The van der Waals surface area contributed by atoms with Crippen LogP contribution in [-0.2, 0) is 29.3 Å². The molecule has 0 amide bonds. The molecular formula is C30H35NO5S. The first-order valence-electron chi connectivity index (χ1n) is 13.5. The summed E-state index contributed by atoms with van der Waals surface area (Å²) in [4.78, 5) is 13.4. The zero-order valence-electron chi connectivity index (χ0n) is 21.3. The topological polar surface area (TPSA) is 96.6 Å². The van der Waals surface area contributed by atoms with Crippen LogP contribution in [0.15, 0.2) is 62.6 Å². The number of hydrogen-bond donors (Lipinski definition) is 2. The van der Waals surface area contributed by atoms with Crippen LogP contribution in [0.1, 0.15) is 85.8 Å². The van der Waals surface area contributed by atoms with Gasteiger partial charge >= 0.3 is 5.63 Å². The van der Waals surface area contributed by atoms with Gasteiger partial charge in [-0.15, -0.1) is 0 Å². The van der Waals surface area contributed by atoms with Gasteiger partial charge in [0, 0.05) is 23.6 Å². The van der Waals surface area contributed by atoms with Crippen molar-refractivity contribution in [2.45, 2.75) is 81.9 Å². The van der Waals surface area contributed by atoms with Gasteiger partial charge in [-0.2, -0.15) is 0 Å². The largest absolute Gasteiger partial charge is 0.507 e. The summed E-state index contributed by atoms with van der Waals surface area (Å²) in [7, 11) is -3.77. The Kier molecular flexibility index (Phi) is 7.43. The summed E-state index contributed by atoms with van der Waals surface area (Å²) in [5, 5.41) is 11.3. The molecule has 2 aliphatic carbocycles. The highest BCUT2D eigenvalue weighted by molar-refractivity contribution is 7.92. The van der Waals surface area contributed by atoms with Crippen molar-refractivity contribution in [3.05, 3.63) is 87.0 Å². The van der Waals surface area contributed by atoms with Crippen LogP contribution in [-0.4, -0.2) is 13.5 Å². The zero-order valence-corrected chi connectivity index (χ0v) is 22.1. The molecule has 7 heteroatoms. The van der Waals surface area contributed by atoms with E-state index in [1.165, 1.54) is 0 Å². The molecule has 3 aromatic rings. The molecule has 0 saturated heterocycles. The van der Waals surface area contributed by atoms with Crippen molar-refractivity contribution in [3.8, 4) is 5.75 Å². The molecule has 1 saturated carbocycles. The van der Waals surface area contributed by atoms with Gasteiger partial charge in [0.2, 0.25) is 0 Å². The van der Waals surface area contributed by atoms with Gasteiger partial charge in [-0.25, -0.2) is 13.2 Å².